The van der Waals surface area contributed by atoms with Crippen LogP contribution in [0.1, 0.15) is 30.1 Å². The van der Waals surface area contributed by atoms with Gasteiger partial charge in [0.25, 0.3) is 5.91 Å². The number of carbonyl (C=O) groups excluding carboxylic acids is 1. The summed E-state index contributed by atoms with van der Waals surface area (Å²) in [5, 5.41) is 2.77. The van der Waals surface area contributed by atoms with E-state index in [1.54, 1.807) is 0 Å². The fraction of sp³-hybridized carbons (Fsp3) is 0.455. The van der Waals surface area contributed by atoms with Gasteiger partial charge in [-0.25, -0.2) is 9.37 Å². The fourth-order valence-corrected chi connectivity index (χ4v) is 1.55. The van der Waals surface area contributed by atoms with Gasteiger partial charge in [0, 0.05) is 6.54 Å². The molecular formula is C11H12ClFN2O. The minimum absolute atomic E-state index is 0.0276. The number of nitrogens with zero attached hydrogens (tertiary/aromatic N) is 1. The molecule has 0 atom stereocenters. The lowest BCUT2D eigenvalue weighted by molar-refractivity contribution is 0.0945. The van der Waals surface area contributed by atoms with Gasteiger partial charge in [0.1, 0.15) is 11.0 Å². The van der Waals surface area contributed by atoms with Crippen molar-refractivity contribution >= 4 is 17.5 Å². The molecule has 0 aliphatic heterocycles. The Bertz CT molecular complexity index is 432. The molecule has 0 radical (unpaired) electrons. The van der Waals surface area contributed by atoms with E-state index in [-0.39, 0.29) is 22.0 Å². The second-order valence-electron chi connectivity index (χ2n) is 4.49. The van der Waals surface area contributed by atoms with E-state index in [0.717, 1.165) is 25.1 Å². The molecule has 1 amide bonds. The van der Waals surface area contributed by atoms with Crippen LogP contribution in [-0.4, -0.2) is 17.4 Å². The molecule has 1 heterocycles. The third-order valence-electron chi connectivity index (χ3n) is 2.83. The van der Waals surface area contributed by atoms with E-state index >= 15 is 0 Å². The summed E-state index contributed by atoms with van der Waals surface area (Å²) in [6.07, 6.45) is 3.21. The maximum atomic E-state index is 12.9. The maximum Gasteiger partial charge on any atom is 0.254 e. The minimum atomic E-state index is -0.563. The molecular weight excluding hydrogens is 231 g/mol. The van der Waals surface area contributed by atoms with Gasteiger partial charge in [-0.05, 0) is 24.3 Å². The zero-order valence-electron chi connectivity index (χ0n) is 8.89. The van der Waals surface area contributed by atoms with Crippen molar-refractivity contribution in [1.29, 1.82) is 0 Å². The molecule has 0 saturated heterocycles. The highest BCUT2D eigenvalue weighted by atomic mass is 35.5. The SMILES string of the molecule is CC1(CNC(=O)c2cc(F)cnc2Cl)CC1. The summed E-state index contributed by atoms with van der Waals surface area (Å²) in [5.41, 5.74) is 0.300. The first-order valence-corrected chi connectivity index (χ1v) is 5.47. The highest BCUT2D eigenvalue weighted by Gasteiger charge is 2.37. The highest BCUT2D eigenvalue weighted by Crippen LogP contribution is 2.44. The van der Waals surface area contributed by atoms with Gasteiger partial charge in [-0.15, -0.1) is 0 Å². The van der Waals surface area contributed by atoms with E-state index in [9.17, 15) is 9.18 Å². The van der Waals surface area contributed by atoms with Gasteiger partial charge >= 0.3 is 0 Å². The van der Waals surface area contributed by atoms with E-state index < -0.39 is 5.82 Å². The quantitative estimate of drug-likeness (QED) is 0.827. The van der Waals surface area contributed by atoms with Crippen molar-refractivity contribution in [2.75, 3.05) is 6.54 Å². The molecule has 1 aromatic rings. The molecule has 5 heteroatoms. The molecule has 0 spiro atoms. The number of rotatable bonds is 3. The topological polar surface area (TPSA) is 42.0 Å². The Morgan fingerprint density at radius 2 is 2.38 bits per heavy atom. The number of pyridine rings is 1. The standard InChI is InChI=1S/C11H12ClFN2O/c1-11(2-3-11)6-15-10(16)8-4-7(13)5-14-9(8)12/h4-5H,2-3,6H2,1H3,(H,15,16). The number of nitrogens with one attached hydrogen (secondary N) is 1. The third kappa shape index (κ3) is 2.50. The summed E-state index contributed by atoms with van der Waals surface area (Å²) < 4.78 is 12.9. The van der Waals surface area contributed by atoms with E-state index in [1.165, 1.54) is 0 Å². The predicted molar refractivity (Wildman–Crippen MR) is 58.9 cm³/mol. The second kappa shape index (κ2) is 4.01. The van der Waals surface area contributed by atoms with Crippen molar-refractivity contribution in [3.05, 3.63) is 28.8 Å². The Morgan fingerprint density at radius 3 is 3.00 bits per heavy atom. The monoisotopic (exact) mass is 242 g/mol. The van der Waals surface area contributed by atoms with Gasteiger partial charge in [-0.1, -0.05) is 18.5 Å². The zero-order chi connectivity index (χ0) is 11.8. The van der Waals surface area contributed by atoms with E-state index in [0.29, 0.717) is 6.54 Å². The van der Waals surface area contributed by atoms with Crippen molar-refractivity contribution in [2.24, 2.45) is 5.41 Å². The molecule has 0 unspecified atom stereocenters. The summed E-state index contributed by atoms with van der Waals surface area (Å²) in [7, 11) is 0. The van der Waals surface area contributed by atoms with Gasteiger partial charge in [0.2, 0.25) is 0 Å². The summed E-state index contributed by atoms with van der Waals surface area (Å²) in [5.74, 6) is -0.933. The average molecular weight is 243 g/mol. The van der Waals surface area contributed by atoms with Crippen molar-refractivity contribution in [2.45, 2.75) is 19.8 Å². The lowest BCUT2D eigenvalue weighted by Gasteiger charge is -2.10. The van der Waals surface area contributed by atoms with Crippen LogP contribution in [0.3, 0.4) is 0 Å². The molecule has 86 valence electrons. The number of hydrogen-bond acceptors (Lipinski definition) is 2. The Labute approximate surface area is 98.0 Å². The first-order chi connectivity index (χ1) is 7.50. The van der Waals surface area contributed by atoms with Crippen LogP contribution in [0.15, 0.2) is 12.3 Å². The lowest BCUT2D eigenvalue weighted by atomic mass is 10.1. The Hall–Kier alpha value is -1.16. The van der Waals surface area contributed by atoms with Crippen LogP contribution in [0.5, 0.6) is 0 Å². The van der Waals surface area contributed by atoms with Gasteiger partial charge in [-0.3, -0.25) is 4.79 Å². The summed E-state index contributed by atoms with van der Waals surface area (Å²) in [6, 6.07) is 1.10. The molecule has 1 fully saturated rings. The summed E-state index contributed by atoms with van der Waals surface area (Å²) in [4.78, 5) is 15.3. The minimum Gasteiger partial charge on any atom is -0.351 e. The van der Waals surface area contributed by atoms with Crippen LogP contribution >= 0.6 is 11.6 Å². The molecule has 0 aromatic carbocycles. The van der Waals surface area contributed by atoms with Gasteiger partial charge in [0.15, 0.2) is 0 Å². The first-order valence-electron chi connectivity index (χ1n) is 5.09. The molecule has 1 saturated carbocycles. The van der Waals surface area contributed by atoms with Gasteiger partial charge in [-0.2, -0.15) is 0 Å². The normalized spacial score (nSPS) is 16.9. The Morgan fingerprint density at radius 1 is 1.69 bits per heavy atom. The molecule has 2 rings (SSSR count). The smallest absolute Gasteiger partial charge is 0.254 e. The van der Waals surface area contributed by atoms with Crippen molar-refractivity contribution in [3.8, 4) is 0 Å². The van der Waals surface area contributed by atoms with Crippen LogP contribution in [-0.2, 0) is 0 Å². The first kappa shape index (κ1) is 11.3. The third-order valence-corrected chi connectivity index (χ3v) is 3.13. The molecule has 0 bridgehead atoms. The summed E-state index contributed by atoms with van der Waals surface area (Å²) >= 11 is 5.72. The van der Waals surface area contributed by atoms with Crippen LogP contribution < -0.4 is 5.32 Å². The average Bonchev–Trinajstić information content (AvgIpc) is 2.97. The van der Waals surface area contributed by atoms with Gasteiger partial charge in [0.05, 0.1) is 11.8 Å². The number of carbonyl (C=O) groups is 1. The highest BCUT2D eigenvalue weighted by molar-refractivity contribution is 6.32. The molecule has 16 heavy (non-hydrogen) atoms. The number of aromatic nitrogens is 1. The number of halogens is 2. The molecule has 3 nitrogen and oxygen atoms in total. The predicted octanol–water partition coefficient (Wildman–Crippen LogP) is 2.40. The van der Waals surface area contributed by atoms with E-state index in [1.807, 2.05) is 0 Å². The lowest BCUT2D eigenvalue weighted by Crippen LogP contribution is -2.29. The Balaban J connectivity index is 2.05. The van der Waals surface area contributed by atoms with Crippen molar-refractivity contribution in [1.82, 2.24) is 10.3 Å². The van der Waals surface area contributed by atoms with Crippen molar-refractivity contribution in [3.63, 3.8) is 0 Å². The summed E-state index contributed by atoms with van der Waals surface area (Å²) in [6.45, 7) is 2.69. The number of amides is 1. The molecule has 1 N–H and O–H groups in total. The van der Waals surface area contributed by atoms with Crippen molar-refractivity contribution < 1.29 is 9.18 Å². The fourth-order valence-electron chi connectivity index (χ4n) is 1.36. The number of hydrogen-bond donors (Lipinski definition) is 1. The van der Waals surface area contributed by atoms with Crippen LogP contribution in [0.4, 0.5) is 4.39 Å². The second-order valence-corrected chi connectivity index (χ2v) is 4.84. The van der Waals surface area contributed by atoms with Crippen LogP contribution in [0.2, 0.25) is 5.15 Å². The molecule has 1 aliphatic rings. The molecule has 1 aliphatic carbocycles. The van der Waals surface area contributed by atoms with Crippen LogP contribution in [0.25, 0.3) is 0 Å². The van der Waals surface area contributed by atoms with Crippen LogP contribution in [0, 0.1) is 11.2 Å². The van der Waals surface area contributed by atoms with E-state index in [2.05, 4.69) is 17.2 Å². The van der Waals surface area contributed by atoms with Gasteiger partial charge < -0.3 is 5.32 Å². The maximum absolute atomic E-state index is 12.9. The zero-order valence-corrected chi connectivity index (χ0v) is 9.64. The van der Waals surface area contributed by atoms with E-state index in [4.69, 9.17) is 11.6 Å². The Kier molecular flexibility index (Phi) is 2.84. The molecule has 1 aromatic heterocycles. The largest absolute Gasteiger partial charge is 0.351 e.